The largest absolute Gasteiger partial charge is 0.274 e. The Morgan fingerprint density at radius 1 is 1.09 bits per heavy atom. The quantitative estimate of drug-likeness (QED) is 0.619. The predicted octanol–water partition coefficient (Wildman–Crippen LogP) is 3.47. The molecule has 1 aromatic carbocycles. The number of benzene rings is 1. The number of hydrogen-bond acceptors (Lipinski definition) is 2. The average molecular weight is 311 g/mol. The van der Waals surface area contributed by atoms with Gasteiger partial charge in [-0.3, -0.25) is 9.59 Å². The maximum absolute atomic E-state index is 14.1. The molecule has 1 saturated carbocycles. The lowest BCUT2D eigenvalue weighted by molar-refractivity contribution is -0.123. The molecule has 1 saturated heterocycles. The lowest BCUT2D eigenvalue weighted by Crippen LogP contribution is -2.34. The van der Waals surface area contributed by atoms with E-state index in [0.29, 0.717) is 0 Å². The van der Waals surface area contributed by atoms with Gasteiger partial charge in [0.1, 0.15) is 5.82 Å². The van der Waals surface area contributed by atoms with E-state index in [1.807, 2.05) is 0 Å². The van der Waals surface area contributed by atoms with Crippen LogP contribution in [0.3, 0.4) is 0 Å². The minimum Gasteiger partial charge on any atom is -0.274 e. The number of imide groups is 1. The monoisotopic (exact) mass is 311 g/mol. The number of nitrogens with zero attached hydrogens (tertiary/aromatic N) is 1. The van der Waals surface area contributed by atoms with Crippen molar-refractivity contribution in [1.82, 2.24) is 0 Å². The Morgan fingerprint density at radius 3 is 2.17 bits per heavy atom. The number of hydrogen-bond donors (Lipinski definition) is 0. The molecule has 23 heavy (non-hydrogen) atoms. The molecule has 2 fully saturated rings. The summed E-state index contributed by atoms with van der Waals surface area (Å²) < 4.78 is 14.1. The normalized spacial score (nSPS) is 33.6. The van der Waals surface area contributed by atoms with E-state index < -0.39 is 5.82 Å². The van der Waals surface area contributed by atoms with Crippen molar-refractivity contribution in [3.8, 4) is 0 Å². The van der Waals surface area contributed by atoms with Gasteiger partial charge in [-0.1, -0.05) is 42.4 Å². The van der Waals surface area contributed by atoms with Crippen LogP contribution in [0.15, 0.2) is 47.6 Å². The molecule has 3 aliphatic rings. The Morgan fingerprint density at radius 2 is 1.65 bits per heavy atom. The first-order valence-corrected chi connectivity index (χ1v) is 8.06. The highest BCUT2D eigenvalue weighted by molar-refractivity contribution is 6.23. The molecule has 1 heterocycles. The Bertz CT molecular complexity index is 745. The molecule has 2 amide bonds. The molecule has 2 aliphatic carbocycles. The van der Waals surface area contributed by atoms with Crippen molar-refractivity contribution in [2.75, 3.05) is 4.90 Å². The third-order valence-electron chi connectivity index (χ3n) is 5.53. The van der Waals surface area contributed by atoms with E-state index in [1.165, 1.54) is 23.3 Å². The molecule has 4 atom stereocenters. The molecule has 0 unspecified atom stereocenters. The van der Waals surface area contributed by atoms with E-state index in [2.05, 4.69) is 26.0 Å². The van der Waals surface area contributed by atoms with Gasteiger partial charge in [0.2, 0.25) is 11.8 Å². The summed E-state index contributed by atoms with van der Waals surface area (Å²) in [4.78, 5) is 26.8. The van der Waals surface area contributed by atoms with Crippen LogP contribution in [-0.4, -0.2) is 11.8 Å². The second-order valence-corrected chi connectivity index (χ2v) is 6.54. The van der Waals surface area contributed by atoms with Crippen LogP contribution in [0.1, 0.15) is 20.3 Å². The summed E-state index contributed by atoms with van der Waals surface area (Å²) in [7, 11) is 0. The lowest BCUT2D eigenvalue weighted by atomic mass is 9.85. The summed E-state index contributed by atoms with van der Waals surface area (Å²) in [6.07, 6.45) is 5.02. The Labute approximate surface area is 134 Å². The number of carbonyl (C=O) groups excluding carboxylic acids is 2. The number of fused-ring (bicyclic) bond motifs is 5. The Hall–Kier alpha value is -2.23. The standard InChI is InChI=1S/C19H18FNO2/c1-3-10(2)15-11-8-9-12(15)17-16(11)18(22)21(19(17)23)14-7-5-4-6-13(14)20/h4-9,11-12,16-17H,3H2,1-2H3/t11-,12+,16+,17-. The van der Waals surface area contributed by atoms with Gasteiger partial charge in [-0.25, -0.2) is 9.29 Å². The van der Waals surface area contributed by atoms with E-state index in [0.717, 1.165) is 11.3 Å². The first-order valence-electron chi connectivity index (χ1n) is 8.06. The van der Waals surface area contributed by atoms with Gasteiger partial charge in [-0.2, -0.15) is 0 Å². The second kappa shape index (κ2) is 4.88. The molecule has 2 bridgehead atoms. The first-order chi connectivity index (χ1) is 11.1. The molecule has 3 nitrogen and oxygen atoms in total. The van der Waals surface area contributed by atoms with E-state index in [9.17, 15) is 14.0 Å². The summed E-state index contributed by atoms with van der Waals surface area (Å²) in [6, 6.07) is 5.98. The fraction of sp³-hybridized carbons (Fsp3) is 0.368. The number of amides is 2. The van der Waals surface area contributed by atoms with Gasteiger partial charge in [0.15, 0.2) is 0 Å². The SMILES string of the molecule is CCC(C)=C1[C@H]2C=C[C@@H]1[C@H]1C(=O)N(c3ccccc3F)C(=O)[C@H]12. The summed E-state index contributed by atoms with van der Waals surface area (Å²) in [5, 5.41) is 0. The highest BCUT2D eigenvalue weighted by atomic mass is 19.1. The van der Waals surface area contributed by atoms with Crippen molar-refractivity contribution in [3.63, 3.8) is 0 Å². The zero-order valence-corrected chi connectivity index (χ0v) is 13.1. The van der Waals surface area contributed by atoms with E-state index in [-0.39, 0.29) is 41.2 Å². The summed E-state index contributed by atoms with van der Waals surface area (Å²) in [5.74, 6) is -1.79. The molecule has 4 rings (SSSR count). The number of para-hydroxylation sites is 1. The van der Waals surface area contributed by atoms with Gasteiger partial charge in [0.05, 0.1) is 17.5 Å². The van der Waals surface area contributed by atoms with Crippen LogP contribution >= 0.6 is 0 Å². The fourth-order valence-corrected chi connectivity index (χ4v) is 4.41. The summed E-state index contributed by atoms with van der Waals surface area (Å²) in [5.41, 5.74) is 2.57. The van der Waals surface area contributed by atoms with Gasteiger partial charge in [0, 0.05) is 11.8 Å². The first kappa shape index (κ1) is 14.4. The van der Waals surface area contributed by atoms with E-state index in [4.69, 9.17) is 0 Å². The van der Waals surface area contributed by atoms with Crippen molar-refractivity contribution >= 4 is 17.5 Å². The molecule has 118 valence electrons. The summed E-state index contributed by atoms with van der Waals surface area (Å²) in [6.45, 7) is 4.16. The number of anilines is 1. The van der Waals surface area contributed by atoms with Crippen LogP contribution in [0.5, 0.6) is 0 Å². The van der Waals surface area contributed by atoms with Crippen LogP contribution < -0.4 is 4.90 Å². The molecular weight excluding hydrogens is 293 g/mol. The topological polar surface area (TPSA) is 37.4 Å². The zero-order valence-electron chi connectivity index (χ0n) is 13.1. The van der Waals surface area contributed by atoms with E-state index in [1.54, 1.807) is 12.1 Å². The lowest BCUT2D eigenvalue weighted by Gasteiger charge is -2.20. The molecule has 0 radical (unpaired) electrons. The molecule has 0 aromatic heterocycles. The van der Waals surface area contributed by atoms with Gasteiger partial charge in [0.25, 0.3) is 0 Å². The van der Waals surface area contributed by atoms with Crippen molar-refractivity contribution in [1.29, 1.82) is 0 Å². The maximum atomic E-state index is 14.1. The smallest absolute Gasteiger partial charge is 0.238 e. The molecular formula is C19H18FNO2. The van der Waals surface area contributed by atoms with Crippen molar-refractivity contribution in [3.05, 3.63) is 53.4 Å². The number of halogens is 1. The molecule has 1 aliphatic heterocycles. The van der Waals surface area contributed by atoms with Crippen molar-refractivity contribution in [2.45, 2.75) is 20.3 Å². The average Bonchev–Trinajstić information content (AvgIpc) is 3.18. The van der Waals surface area contributed by atoms with Gasteiger partial charge in [-0.05, 0) is 25.5 Å². The number of carbonyl (C=O) groups is 2. The minimum atomic E-state index is -0.532. The summed E-state index contributed by atoms with van der Waals surface area (Å²) >= 11 is 0. The third kappa shape index (κ3) is 1.75. The van der Waals surface area contributed by atoms with Crippen LogP contribution in [0, 0.1) is 29.5 Å². The second-order valence-electron chi connectivity index (χ2n) is 6.54. The highest BCUT2D eigenvalue weighted by Gasteiger charge is 2.62. The molecule has 0 N–H and O–H groups in total. The van der Waals surface area contributed by atoms with E-state index >= 15 is 0 Å². The van der Waals surface area contributed by atoms with Gasteiger partial charge >= 0.3 is 0 Å². The maximum Gasteiger partial charge on any atom is 0.238 e. The number of rotatable bonds is 2. The Kier molecular flexibility index (Phi) is 3.05. The van der Waals surface area contributed by atoms with Gasteiger partial charge < -0.3 is 0 Å². The number of allylic oxidation sites excluding steroid dienone is 4. The van der Waals surface area contributed by atoms with Crippen LogP contribution in [0.4, 0.5) is 10.1 Å². The molecule has 0 spiro atoms. The zero-order chi connectivity index (χ0) is 16.3. The minimum absolute atomic E-state index is 0.00169. The fourth-order valence-electron chi connectivity index (χ4n) is 4.41. The highest BCUT2D eigenvalue weighted by Crippen LogP contribution is 2.57. The predicted molar refractivity (Wildman–Crippen MR) is 85.0 cm³/mol. The van der Waals surface area contributed by atoms with Gasteiger partial charge in [-0.15, -0.1) is 0 Å². The van der Waals surface area contributed by atoms with Crippen molar-refractivity contribution in [2.24, 2.45) is 23.7 Å². The third-order valence-corrected chi connectivity index (χ3v) is 5.53. The Balaban J connectivity index is 1.78. The van der Waals surface area contributed by atoms with Crippen LogP contribution in [0.2, 0.25) is 0 Å². The van der Waals surface area contributed by atoms with Crippen LogP contribution in [-0.2, 0) is 9.59 Å². The molecule has 1 aromatic rings. The molecule has 4 heteroatoms. The van der Waals surface area contributed by atoms with Crippen LogP contribution in [0.25, 0.3) is 0 Å². The van der Waals surface area contributed by atoms with Crippen molar-refractivity contribution < 1.29 is 14.0 Å².